The third-order valence-corrected chi connectivity index (χ3v) is 2.38. The lowest BCUT2D eigenvalue weighted by molar-refractivity contribution is -0.120. The quantitative estimate of drug-likeness (QED) is 0.574. The van der Waals surface area contributed by atoms with Crippen LogP contribution < -0.4 is 10.6 Å². The molecule has 6 heteroatoms. The number of carbonyl (C=O) groups is 1. The largest absolute Gasteiger partial charge is 0.467 e. The Morgan fingerprint density at radius 3 is 3.00 bits per heavy atom. The minimum absolute atomic E-state index is 0.0119. The first-order chi connectivity index (χ1) is 9.33. The van der Waals surface area contributed by atoms with Crippen molar-refractivity contribution in [2.24, 2.45) is 0 Å². The van der Waals surface area contributed by atoms with Gasteiger partial charge < -0.3 is 24.5 Å². The van der Waals surface area contributed by atoms with E-state index < -0.39 is 0 Å². The highest BCUT2D eigenvalue weighted by Crippen LogP contribution is 2.01. The lowest BCUT2D eigenvalue weighted by atomic mass is 10.4. The van der Waals surface area contributed by atoms with E-state index in [1.54, 1.807) is 13.4 Å². The first kappa shape index (κ1) is 15.7. The van der Waals surface area contributed by atoms with Crippen LogP contribution in [0.2, 0.25) is 0 Å². The number of carbonyl (C=O) groups excluding carboxylic acids is 1. The second kappa shape index (κ2) is 10.5. The third-order valence-electron chi connectivity index (χ3n) is 2.38. The van der Waals surface area contributed by atoms with Crippen LogP contribution in [0.25, 0.3) is 0 Å². The van der Waals surface area contributed by atoms with Gasteiger partial charge in [-0.2, -0.15) is 0 Å². The predicted molar refractivity (Wildman–Crippen MR) is 70.7 cm³/mol. The van der Waals surface area contributed by atoms with Crippen LogP contribution in [0.1, 0.15) is 12.2 Å². The molecule has 0 radical (unpaired) electrons. The number of hydrogen-bond acceptors (Lipinski definition) is 5. The van der Waals surface area contributed by atoms with E-state index in [4.69, 9.17) is 13.9 Å². The van der Waals surface area contributed by atoms with Crippen LogP contribution in [0.15, 0.2) is 22.8 Å². The molecule has 1 aromatic rings. The first-order valence-corrected chi connectivity index (χ1v) is 6.39. The molecule has 0 fully saturated rings. The highest BCUT2D eigenvalue weighted by molar-refractivity contribution is 5.77. The van der Waals surface area contributed by atoms with Crippen LogP contribution in [0, 0.1) is 0 Å². The van der Waals surface area contributed by atoms with E-state index in [1.165, 1.54) is 0 Å². The van der Waals surface area contributed by atoms with E-state index in [0.717, 1.165) is 12.2 Å². The first-order valence-electron chi connectivity index (χ1n) is 6.39. The van der Waals surface area contributed by atoms with Crippen LogP contribution in [0.5, 0.6) is 0 Å². The molecular weight excluding hydrogens is 248 g/mol. The molecule has 1 rings (SSSR count). The van der Waals surface area contributed by atoms with Gasteiger partial charge in [0.05, 0.1) is 19.4 Å². The van der Waals surface area contributed by atoms with E-state index in [0.29, 0.717) is 39.5 Å². The summed E-state index contributed by atoms with van der Waals surface area (Å²) in [6.45, 7) is 3.28. The van der Waals surface area contributed by atoms with Gasteiger partial charge in [-0.25, -0.2) is 0 Å². The van der Waals surface area contributed by atoms with Gasteiger partial charge in [-0.15, -0.1) is 0 Å². The zero-order valence-corrected chi connectivity index (χ0v) is 11.3. The summed E-state index contributed by atoms with van der Waals surface area (Å²) in [7, 11) is 1.63. The maximum absolute atomic E-state index is 11.4. The van der Waals surface area contributed by atoms with Gasteiger partial charge >= 0.3 is 0 Å². The molecule has 0 aliphatic carbocycles. The second-order valence-electron chi connectivity index (χ2n) is 4.01. The van der Waals surface area contributed by atoms with E-state index in [1.807, 2.05) is 12.1 Å². The number of nitrogens with one attached hydrogen (secondary N) is 2. The molecule has 0 aliphatic rings. The van der Waals surface area contributed by atoms with Crippen LogP contribution in [0.4, 0.5) is 0 Å². The fourth-order valence-corrected chi connectivity index (χ4v) is 1.41. The van der Waals surface area contributed by atoms with Crippen molar-refractivity contribution in [3.8, 4) is 0 Å². The summed E-state index contributed by atoms with van der Waals surface area (Å²) in [5.41, 5.74) is 0. The molecule has 6 nitrogen and oxygen atoms in total. The highest BCUT2D eigenvalue weighted by atomic mass is 16.5. The number of hydrogen-bond donors (Lipinski definition) is 2. The van der Waals surface area contributed by atoms with Crippen molar-refractivity contribution in [2.75, 3.05) is 40.0 Å². The average molecular weight is 270 g/mol. The molecule has 19 heavy (non-hydrogen) atoms. The number of rotatable bonds is 11. The third kappa shape index (κ3) is 8.36. The molecule has 0 unspecified atom stereocenters. The zero-order valence-electron chi connectivity index (χ0n) is 11.3. The molecule has 2 N–H and O–H groups in total. The van der Waals surface area contributed by atoms with E-state index in [2.05, 4.69) is 10.6 Å². The van der Waals surface area contributed by atoms with Gasteiger partial charge in [-0.3, -0.25) is 4.79 Å². The summed E-state index contributed by atoms with van der Waals surface area (Å²) >= 11 is 0. The molecule has 0 aliphatic heterocycles. The molecule has 108 valence electrons. The molecule has 1 heterocycles. The minimum Gasteiger partial charge on any atom is -0.467 e. The van der Waals surface area contributed by atoms with Crippen molar-refractivity contribution in [1.29, 1.82) is 0 Å². The Labute approximate surface area is 113 Å². The Morgan fingerprint density at radius 2 is 2.26 bits per heavy atom. The van der Waals surface area contributed by atoms with E-state index in [9.17, 15) is 4.79 Å². The summed E-state index contributed by atoms with van der Waals surface area (Å²) in [6.07, 6.45) is 2.40. The van der Waals surface area contributed by atoms with E-state index in [-0.39, 0.29) is 5.91 Å². The van der Waals surface area contributed by atoms with Crippen LogP contribution in [0.3, 0.4) is 0 Å². The van der Waals surface area contributed by atoms with Gasteiger partial charge in [-0.1, -0.05) is 0 Å². The predicted octanol–water partition coefficient (Wildman–Crippen LogP) is 0.539. The summed E-state index contributed by atoms with van der Waals surface area (Å²) in [5, 5.41) is 5.78. The lowest BCUT2D eigenvalue weighted by Crippen LogP contribution is -2.35. The van der Waals surface area contributed by atoms with Gasteiger partial charge in [0, 0.05) is 26.8 Å². The highest BCUT2D eigenvalue weighted by Gasteiger charge is 1.99. The van der Waals surface area contributed by atoms with Gasteiger partial charge in [-0.05, 0) is 18.6 Å². The zero-order chi connectivity index (χ0) is 13.8. The number of amides is 1. The minimum atomic E-state index is -0.0119. The lowest BCUT2D eigenvalue weighted by Gasteiger charge is -2.06. The molecule has 1 amide bonds. The molecule has 1 aromatic heterocycles. The average Bonchev–Trinajstić information content (AvgIpc) is 2.92. The molecule has 0 spiro atoms. The molecule has 0 saturated carbocycles. The van der Waals surface area contributed by atoms with Gasteiger partial charge in [0.15, 0.2) is 0 Å². The van der Waals surface area contributed by atoms with Crippen molar-refractivity contribution in [1.82, 2.24) is 10.6 Å². The fraction of sp³-hybridized carbons (Fsp3) is 0.615. The van der Waals surface area contributed by atoms with E-state index >= 15 is 0 Å². The van der Waals surface area contributed by atoms with Gasteiger partial charge in [0.25, 0.3) is 0 Å². The van der Waals surface area contributed by atoms with Crippen LogP contribution in [-0.2, 0) is 20.9 Å². The number of ether oxygens (including phenoxy) is 2. The Kier molecular flexibility index (Phi) is 8.70. The summed E-state index contributed by atoms with van der Waals surface area (Å²) < 4.78 is 15.4. The smallest absolute Gasteiger partial charge is 0.233 e. The monoisotopic (exact) mass is 270 g/mol. The molecular formula is C13H22N2O4. The summed E-state index contributed by atoms with van der Waals surface area (Å²) in [5.74, 6) is 0.800. The van der Waals surface area contributed by atoms with Crippen molar-refractivity contribution in [2.45, 2.75) is 13.0 Å². The van der Waals surface area contributed by atoms with Crippen molar-refractivity contribution in [3.05, 3.63) is 24.2 Å². The van der Waals surface area contributed by atoms with Gasteiger partial charge in [0.1, 0.15) is 12.4 Å². The molecule has 0 saturated heterocycles. The van der Waals surface area contributed by atoms with Gasteiger partial charge in [0.2, 0.25) is 5.91 Å². The van der Waals surface area contributed by atoms with Crippen molar-refractivity contribution >= 4 is 5.91 Å². The number of furan rings is 1. The second-order valence-corrected chi connectivity index (χ2v) is 4.01. The fourth-order valence-electron chi connectivity index (χ4n) is 1.41. The normalized spacial score (nSPS) is 10.6. The molecule has 0 aromatic carbocycles. The SMILES string of the molecule is COCCNCC(=O)NCCCOCc1ccco1. The van der Waals surface area contributed by atoms with Crippen LogP contribution in [-0.4, -0.2) is 45.9 Å². The maximum atomic E-state index is 11.4. The van der Waals surface area contributed by atoms with Crippen molar-refractivity contribution < 1.29 is 18.7 Å². The number of methoxy groups -OCH3 is 1. The Bertz CT molecular complexity index is 327. The van der Waals surface area contributed by atoms with Crippen LogP contribution >= 0.6 is 0 Å². The topological polar surface area (TPSA) is 72.7 Å². The Morgan fingerprint density at radius 1 is 1.37 bits per heavy atom. The summed E-state index contributed by atoms with van der Waals surface area (Å²) in [6, 6.07) is 3.70. The summed E-state index contributed by atoms with van der Waals surface area (Å²) in [4.78, 5) is 11.4. The Balaban J connectivity index is 1.86. The maximum Gasteiger partial charge on any atom is 0.233 e. The Hall–Kier alpha value is -1.37. The molecule has 0 atom stereocenters. The van der Waals surface area contributed by atoms with Crippen molar-refractivity contribution in [3.63, 3.8) is 0 Å². The standard InChI is InChI=1S/C13H22N2O4/c1-17-9-6-14-10-13(16)15-5-3-7-18-11-12-4-2-8-19-12/h2,4,8,14H,3,5-7,9-11H2,1H3,(H,15,16). The molecule has 0 bridgehead atoms.